The van der Waals surface area contributed by atoms with Crippen LogP contribution < -0.4 is 15.4 Å². The molecule has 49 heavy (non-hydrogen) atoms. The van der Waals surface area contributed by atoms with Crippen LogP contribution in [0.15, 0.2) is 30.6 Å². The third-order valence-electron chi connectivity index (χ3n) is 9.77. The molecule has 0 unspecified atom stereocenters. The van der Waals surface area contributed by atoms with Crippen molar-refractivity contribution in [2.75, 3.05) is 59.4 Å². The SMILES string of the molecule is COc1cc(C(=O)N(C)C)c(F)cc1NCC#Cc1cc(C(=O)N[C@H]2CCN(C3CC4(COC4)C3)C[C@@H]2C)c2ncn(CC(F)(F)F)c2c1. The minimum Gasteiger partial charge on any atom is -0.495 e. The molecule has 10 nitrogen and oxygen atoms in total. The summed E-state index contributed by atoms with van der Waals surface area (Å²) in [6.45, 7) is 4.24. The first-order valence-electron chi connectivity index (χ1n) is 16.3. The van der Waals surface area contributed by atoms with Gasteiger partial charge in [-0.2, -0.15) is 13.2 Å². The van der Waals surface area contributed by atoms with Gasteiger partial charge in [0.2, 0.25) is 0 Å². The number of alkyl halides is 3. The average molecular weight is 685 g/mol. The van der Waals surface area contributed by atoms with Crippen molar-refractivity contribution < 1.29 is 36.6 Å². The number of carbonyl (C=O) groups is 2. The van der Waals surface area contributed by atoms with Gasteiger partial charge in [-0.15, -0.1) is 0 Å². The molecule has 14 heteroatoms. The van der Waals surface area contributed by atoms with Crippen molar-refractivity contribution in [1.82, 2.24) is 24.7 Å². The first kappa shape index (κ1) is 34.5. The van der Waals surface area contributed by atoms with Gasteiger partial charge in [0, 0.05) is 56.3 Å². The van der Waals surface area contributed by atoms with E-state index in [4.69, 9.17) is 9.47 Å². The number of rotatable bonds is 8. The molecule has 2 saturated heterocycles. The van der Waals surface area contributed by atoms with Crippen molar-refractivity contribution >= 4 is 28.5 Å². The number of nitrogens with one attached hydrogen (secondary N) is 2. The molecule has 2 amide bonds. The lowest BCUT2D eigenvalue weighted by molar-refractivity contribution is -0.187. The largest absolute Gasteiger partial charge is 0.495 e. The van der Waals surface area contributed by atoms with E-state index in [0.29, 0.717) is 17.0 Å². The molecule has 1 spiro atoms. The van der Waals surface area contributed by atoms with Crippen LogP contribution in [-0.4, -0.2) is 103 Å². The number of benzene rings is 2. The Morgan fingerprint density at radius 3 is 2.55 bits per heavy atom. The maximum Gasteiger partial charge on any atom is 0.406 e. The summed E-state index contributed by atoms with van der Waals surface area (Å²) in [5, 5.41) is 6.08. The molecule has 2 aromatic carbocycles. The second-order valence-electron chi connectivity index (χ2n) is 13.7. The Morgan fingerprint density at radius 2 is 1.92 bits per heavy atom. The van der Waals surface area contributed by atoms with Gasteiger partial charge in [0.15, 0.2) is 0 Å². The van der Waals surface area contributed by atoms with Crippen LogP contribution in [0.4, 0.5) is 23.2 Å². The topological polar surface area (TPSA) is 101 Å². The summed E-state index contributed by atoms with van der Waals surface area (Å²) in [5.74, 6) is 4.52. The number of piperidine rings is 1. The molecule has 3 fully saturated rings. The van der Waals surface area contributed by atoms with E-state index in [1.807, 2.05) is 0 Å². The fraction of sp³-hybridized carbons (Fsp3) is 0.514. The molecule has 1 saturated carbocycles. The molecule has 0 radical (unpaired) electrons. The normalized spacial score (nSPS) is 20.6. The molecule has 3 aromatic rings. The number of halogens is 4. The zero-order chi connectivity index (χ0) is 35.1. The van der Waals surface area contributed by atoms with E-state index in [2.05, 4.69) is 39.3 Å². The third kappa shape index (κ3) is 7.33. The Morgan fingerprint density at radius 1 is 1.16 bits per heavy atom. The number of hydrogen-bond acceptors (Lipinski definition) is 7. The lowest BCUT2D eigenvalue weighted by atomic mass is 9.63. The van der Waals surface area contributed by atoms with Crippen LogP contribution in [0.2, 0.25) is 0 Å². The Labute approximate surface area is 282 Å². The molecule has 3 heterocycles. The average Bonchev–Trinajstić information content (AvgIpc) is 3.39. The van der Waals surface area contributed by atoms with Crippen LogP contribution in [0.5, 0.6) is 5.75 Å². The zero-order valence-corrected chi connectivity index (χ0v) is 27.9. The number of likely N-dealkylation sites (tertiary alicyclic amines) is 1. The molecule has 1 aromatic heterocycles. The fourth-order valence-corrected chi connectivity index (χ4v) is 7.07. The molecule has 262 valence electrons. The van der Waals surface area contributed by atoms with Crippen molar-refractivity contribution in [2.45, 2.75) is 51.0 Å². The highest BCUT2D eigenvalue weighted by Gasteiger charge is 2.52. The quantitative estimate of drug-likeness (QED) is 0.266. The Bertz CT molecular complexity index is 1800. The smallest absolute Gasteiger partial charge is 0.406 e. The molecule has 2 N–H and O–H groups in total. The molecule has 2 aliphatic heterocycles. The van der Waals surface area contributed by atoms with Crippen molar-refractivity contribution in [3.63, 3.8) is 0 Å². The number of methoxy groups -OCH3 is 1. The van der Waals surface area contributed by atoms with Gasteiger partial charge >= 0.3 is 6.18 Å². The molecule has 1 aliphatic carbocycles. The summed E-state index contributed by atoms with van der Waals surface area (Å²) in [7, 11) is 4.41. The zero-order valence-electron chi connectivity index (χ0n) is 27.9. The lowest BCUT2D eigenvalue weighted by Gasteiger charge is -2.57. The summed E-state index contributed by atoms with van der Waals surface area (Å²) >= 11 is 0. The maximum absolute atomic E-state index is 14.7. The standard InChI is InChI=1S/C35H40F4N6O4/c1-21-16-44(23-14-34(15-23)18-49-19-34)9-7-27(21)42-32(46)25-10-22(11-29-31(25)41-20-45(29)17-35(37,38)39)6-5-8-40-28-13-26(36)24(12-30(28)48-4)33(47)43(2)3/h10-13,20-21,23,27,40H,7-9,14-19H2,1-4H3,(H,42,46)/t21-,27-/m0/s1. The number of nitrogens with zero attached hydrogens (tertiary/aromatic N) is 4. The van der Waals surface area contributed by atoms with Crippen molar-refractivity contribution in [1.29, 1.82) is 0 Å². The number of ether oxygens (including phenoxy) is 2. The van der Waals surface area contributed by atoms with Crippen LogP contribution in [0.1, 0.15) is 52.5 Å². The number of anilines is 1. The van der Waals surface area contributed by atoms with E-state index in [-0.39, 0.29) is 52.1 Å². The Kier molecular flexibility index (Phi) is 9.52. The number of amides is 2. The van der Waals surface area contributed by atoms with Gasteiger partial charge in [0.05, 0.1) is 55.5 Å². The van der Waals surface area contributed by atoms with Gasteiger partial charge in [0.1, 0.15) is 23.6 Å². The van der Waals surface area contributed by atoms with Crippen molar-refractivity contribution in [3.8, 4) is 17.6 Å². The van der Waals surface area contributed by atoms with E-state index >= 15 is 0 Å². The van der Waals surface area contributed by atoms with E-state index in [1.54, 1.807) is 0 Å². The highest BCUT2D eigenvalue weighted by atomic mass is 19.4. The highest BCUT2D eigenvalue weighted by Crippen LogP contribution is 2.49. The molecule has 0 bridgehead atoms. The second-order valence-corrected chi connectivity index (χ2v) is 13.7. The fourth-order valence-electron chi connectivity index (χ4n) is 7.07. The van der Waals surface area contributed by atoms with Gasteiger partial charge in [0.25, 0.3) is 11.8 Å². The van der Waals surface area contributed by atoms with E-state index in [0.717, 1.165) is 62.5 Å². The number of fused-ring (bicyclic) bond motifs is 1. The summed E-state index contributed by atoms with van der Waals surface area (Å²) < 4.78 is 66.7. The number of carbonyl (C=O) groups excluding carboxylic acids is 2. The van der Waals surface area contributed by atoms with Crippen molar-refractivity contribution in [3.05, 3.63) is 53.1 Å². The summed E-state index contributed by atoms with van der Waals surface area (Å²) in [6.07, 6.45) is -0.366. The van der Waals surface area contributed by atoms with Gasteiger partial charge in [-0.25, -0.2) is 9.37 Å². The summed E-state index contributed by atoms with van der Waals surface area (Å²) in [4.78, 5) is 34.0. The second kappa shape index (κ2) is 13.5. The summed E-state index contributed by atoms with van der Waals surface area (Å²) in [5.41, 5.74) is 1.23. The van der Waals surface area contributed by atoms with Gasteiger partial charge in [-0.3, -0.25) is 14.5 Å². The Balaban J connectivity index is 1.18. The minimum absolute atomic E-state index is 0.00335. The highest BCUT2D eigenvalue weighted by molar-refractivity contribution is 6.05. The van der Waals surface area contributed by atoms with Crippen LogP contribution in [0.25, 0.3) is 11.0 Å². The summed E-state index contributed by atoms with van der Waals surface area (Å²) in [6, 6.07) is 5.87. The van der Waals surface area contributed by atoms with Crippen molar-refractivity contribution in [2.24, 2.45) is 11.3 Å². The molecular weight excluding hydrogens is 644 g/mol. The van der Waals surface area contributed by atoms with Crippen LogP contribution in [-0.2, 0) is 11.3 Å². The van der Waals surface area contributed by atoms with Crippen LogP contribution in [0, 0.1) is 29.0 Å². The predicted molar refractivity (Wildman–Crippen MR) is 175 cm³/mol. The molecule has 3 aliphatic rings. The van der Waals surface area contributed by atoms with E-state index < -0.39 is 30.4 Å². The van der Waals surface area contributed by atoms with Gasteiger partial charge < -0.3 is 29.6 Å². The number of imidazole rings is 1. The van der Waals surface area contributed by atoms with E-state index in [1.165, 1.54) is 44.3 Å². The lowest BCUT2D eigenvalue weighted by Crippen LogP contribution is -2.62. The van der Waals surface area contributed by atoms with Crippen LogP contribution >= 0.6 is 0 Å². The Hall–Kier alpha value is -4.35. The van der Waals surface area contributed by atoms with Crippen LogP contribution in [0.3, 0.4) is 0 Å². The monoisotopic (exact) mass is 684 g/mol. The maximum atomic E-state index is 14.7. The number of hydrogen-bond donors (Lipinski definition) is 2. The van der Waals surface area contributed by atoms with Gasteiger partial charge in [-0.05, 0) is 43.4 Å². The predicted octanol–water partition coefficient (Wildman–Crippen LogP) is 4.53. The first-order valence-corrected chi connectivity index (χ1v) is 16.3. The first-order chi connectivity index (χ1) is 23.3. The van der Waals surface area contributed by atoms with Gasteiger partial charge in [-0.1, -0.05) is 18.8 Å². The van der Waals surface area contributed by atoms with E-state index in [9.17, 15) is 27.2 Å². The minimum atomic E-state index is -4.50. The third-order valence-corrected chi connectivity index (χ3v) is 9.77. The molecule has 6 rings (SSSR count). The molecular formula is C35H40F4N6O4. The molecule has 2 atom stereocenters. The number of aromatic nitrogens is 2.